The van der Waals surface area contributed by atoms with E-state index in [2.05, 4.69) is 20.6 Å². The molecule has 27 heavy (non-hydrogen) atoms. The molecule has 4 rings (SSSR count). The van der Waals surface area contributed by atoms with Crippen molar-refractivity contribution in [2.45, 2.75) is 6.54 Å². The number of halogens is 2. The molecule has 1 amide bonds. The number of carbonyl (C=O) groups excluding carboxylic acids is 1. The van der Waals surface area contributed by atoms with Crippen molar-refractivity contribution in [3.8, 4) is 11.3 Å². The standard InChI is InChI=1S/C17H12Cl2N6O2/c18-11-5-3-4-10(16(11)19)12-8-13(22-21-12)20-15(26)9-25-17(27)24-7-2-1-6-14(24)23-25/h1-8H,9H2,(H2,20,21,22,26). The zero-order valence-electron chi connectivity index (χ0n) is 13.7. The van der Waals surface area contributed by atoms with Crippen LogP contribution in [0.1, 0.15) is 0 Å². The predicted molar refractivity (Wildman–Crippen MR) is 102 cm³/mol. The summed E-state index contributed by atoms with van der Waals surface area (Å²) in [7, 11) is 0. The number of aromatic nitrogens is 5. The van der Waals surface area contributed by atoms with E-state index < -0.39 is 11.6 Å². The van der Waals surface area contributed by atoms with E-state index in [1.807, 2.05) is 0 Å². The highest BCUT2D eigenvalue weighted by molar-refractivity contribution is 6.43. The maximum absolute atomic E-state index is 12.3. The van der Waals surface area contributed by atoms with Gasteiger partial charge in [0, 0.05) is 17.8 Å². The lowest BCUT2D eigenvalue weighted by Gasteiger charge is -2.02. The number of fused-ring (bicyclic) bond motifs is 1. The molecule has 1 aromatic carbocycles. The minimum atomic E-state index is -0.434. The molecule has 0 bridgehead atoms. The molecule has 0 saturated heterocycles. The fourth-order valence-corrected chi connectivity index (χ4v) is 3.03. The Morgan fingerprint density at radius 3 is 2.85 bits per heavy atom. The Hall–Kier alpha value is -3.10. The van der Waals surface area contributed by atoms with Crippen LogP contribution in [-0.4, -0.2) is 30.3 Å². The van der Waals surface area contributed by atoms with Gasteiger partial charge < -0.3 is 5.32 Å². The smallest absolute Gasteiger partial charge is 0.308 e. The lowest BCUT2D eigenvalue weighted by molar-refractivity contribution is -0.117. The van der Waals surface area contributed by atoms with Crippen LogP contribution >= 0.6 is 23.2 Å². The first-order valence-corrected chi connectivity index (χ1v) is 8.62. The average molecular weight is 403 g/mol. The highest BCUT2D eigenvalue weighted by atomic mass is 35.5. The first-order valence-electron chi connectivity index (χ1n) is 7.87. The van der Waals surface area contributed by atoms with Gasteiger partial charge in [-0.3, -0.25) is 14.3 Å². The third kappa shape index (κ3) is 3.32. The molecule has 136 valence electrons. The Morgan fingerprint density at radius 1 is 1.19 bits per heavy atom. The normalized spacial score (nSPS) is 11.0. The summed E-state index contributed by atoms with van der Waals surface area (Å²) in [6.07, 6.45) is 1.59. The van der Waals surface area contributed by atoms with E-state index in [9.17, 15) is 9.59 Å². The monoisotopic (exact) mass is 402 g/mol. The highest BCUT2D eigenvalue weighted by Gasteiger charge is 2.14. The number of nitrogens with one attached hydrogen (secondary N) is 2. The molecule has 0 spiro atoms. The molecule has 0 unspecified atom stereocenters. The van der Waals surface area contributed by atoms with Crippen LogP contribution in [0.25, 0.3) is 16.9 Å². The number of aromatic amines is 1. The van der Waals surface area contributed by atoms with E-state index in [4.69, 9.17) is 23.2 Å². The van der Waals surface area contributed by atoms with Crippen LogP contribution in [0.2, 0.25) is 10.0 Å². The maximum atomic E-state index is 12.3. The first-order chi connectivity index (χ1) is 13.0. The largest absolute Gasteiger partial charge is 0.350 e. The number of carbonyl (C=O) groups is 1. The molecule has 8 nitrogen and oxygen atoms in total. The minimum absolute atomic E-state index is 0.235. The van der Waals surface area contributed by atoms with E-state index in [1.165, 1.54) is 4.40 Å². The maximum Gasteiger partial charge on any atom is 0.350 e. The minimum Gasteiger partial charge on any atom is -0.308 e. The second kappa shape index (κ2) is 6.90. The zero-order chi connectivity index (χ0) is 19.0. The molecule has 0 aliphatic rings. The molecule has 3 aromatic heterocycles. The molecule has 10 heteroatoms. The molecule has 0 atom stereocenters. The Balaban J connectivity index is 1.52. The second-order valence-electron chi connectivity index (χ2n) is 5.69. The molecule has 0 fully saturated rings. The number of hydrogen-bond donors (Lipinski definition) is 2. The van der Waals surface area contributed by atoms with E-state index in [-0.39, 0.29) is 6.54 Å². The molecular formula is C17H12Cl2N6O2. The summed E-state index contributed by atoms with van der Waals surface area (Å²) in [4.78, 5) is 24.5. The quantitative estimate of drug-likeness (QED) is 0.548. The molecule has 3 heterocycles. The van der Waals surface area contributed by atoms with Crippen LogP contribution in [0, 0.1) is 0 Å². The number of H-pyrrole nitrogens is 1. The van der Waals surface area contributed by atoms with Crippen LogP contribution in [-0.2, 0) is 11.3 Å². The van der Waals surface area contributed by atoms with Gasteiger partial charge in [0.25, 0.3) is 0 Å². The summed E-state index contributed by atoms with van der Waals surface area (Å²) in [6, 6.07) is 12.0. The number of rotatable bonds is 4. The van der Waals surface area contributed by atoms with Crippen molar-refractivity contribution in [3.05, 3.63) is 69.2 Å². The Labute approximate surface area is 162 Å². The second-order valence-corrected chi connectivity index (χ2v) is 6.47. The summed E-state index contributed by atoms with van der Waals surface area (Å²) in [6.45, 7) is -0.235. The van der Waals surface area contributed by atoms with Crippen LogP contribution in [0.5, 0.6) is 0 Å². The van der Waals surface area contributed by atoms with E-state index in [1.54, 1.807) is 48.7 Å². The Bertz CT molecular complexity index is 1210. The van der Waals surface area contributed by atoms with E-state index in [0.717, 1.165) is 4.68 Å². The summed E-state index contributed by atoms with van der Waals surface area (Å²) >= 11 is 12.2. The van der Waals surface area contributed by atoms with Crippen molar-refractivity contribution in [1.82, 2.24) is 24.4 Å². The van der Waals surface area contributed by atoms with Gasteiger partial charge in [-0.25, -0.2) is 9.48 Å². The van der Waals surface area contributed by atoms with Crippen LogP contribution in [0.3, 0.4) is 0 Å². The summed E-state index contributed by atoms with van der Waals surface area (Å²) in [5, 5.41) is 14.4. The van der Waals surface area contributed by atoms with Gasteiger partial charge in [-0.05, 0) is 18.2 Å². The summed E-state index contributed by atoms with van der Waals surface area (Å²) < 4.78 is 2.45. The summed E-state index contributed by atoms with van der Waals surface area (Å²) in [5.74, 6) is -0.140. The van der Waals surface area contributed by atoms with Gasteiger partial charge in [0.15, 0.2) is 11.5 Å². The lowest BCUT2D eigenvalue weighted by Crippen LogP contribution is -2.28. The number of benzene rings is 1. The molecular weight excluding hydrogens is 391 g/mol. The predicted octanol–water partition coefficient (Wildman–Crippen LogP) is 2.83. The first kappa shape index (κ1) is 17.3. The molecule has 0 aliphatic carbocycles. The molecule has 2 N–H and O–H groups in total. The van der Waals surface area contributed by atoms with Crippen LogP contribution < -0.4 is 11.0 Å². The molecule has 0 aliphatic heterocycles. The number of pyridine rings is 1. The van der Waals surface area contributed by atoms with Crippen molar-refractivity contribution < 1.29 is 4.79 Å². The van der Waals surface area contributed by atoms with Gasteiger partial charge in [0.05, 0.1) is 15.7 Å². The number of hydrogen-bond acceptors (Lipinski definition) is 4. The van der Waals surface area contributed by atoms with Gasteiger partial charge in [0.2, 0.25) is 5.91 Å². The molecule has 0 saturated carbocycles. The van der Waals surface area contributed by atoms with Gasteiger partial charge in [-0.1, -0.05) is 41.4 Å². The third-order valence-electron chi connectivity index (χ3n) is 3.87. The van der Waals surface area contributed by atoms with Gasteiger partial charge in [-0.15, -0.1) is 5.10 Å². The van der Waals surface area contributed by atoms with Crippen LogP contribution in [0.15, 0.2) is 53.5 Å². The highest BCUT2D eigenvalue weighted by Crippen LogP contribution is 2.33. The molecule has 4 aromatic rings. The number of anilines is 1. The van der Waals surface area contributed by atoms with Crippen molar-refractivity contribution in [3.63, 3.8) is 0 Å². The van der Waals surface area contributed by atoms with E-state index >= 15 is 0 Å². The SMILES string of the molecule is O=C(Cn1nc2ccccn2c1=O)Nc1cc(-c2cccc(Cl)c2Cl)[nH]n1. The topological polar surface area (TPSA) is 97.1 Å². The third-order valence-corrected chi connectivity index (χ3v) is 4.69. The number of nitrogens with zero attached hydrogens (tertiary/aromatic N) is 4. The van der Waals surface area contributed by atoms with Gasteiger partial charge in [-0.2, -0.15) is 5.10 Å². The van der Waals surface area contributed by atoms with Gasteiger partial charge >= 0.3 is 5.69 Å². The van der Waals surface area contributed by atoms with Crippen molar-refractivity contribution in [1.29, 1.82) is 0 Å². The lowest BCUT2D eigenvalue weighted by atomic mass is 10.1. The zero-order valence-corrected chi connectivity index (χ0v) is 15.2. The fourth-order valence-electron chi connectivity index (χ4n) is 2.63. The van der Waals surface area contributed by atoms with Gasteiger partial charge in [0.1, 0.15) is 6.54 Å². The van der Waals surface area contributed by atoms with Crippen LogP contribution in [0.4, 0.5) is 5.82 Å². The Morgan fingerprint density at radius 2 is 2.04 bits per heavy atom. The summed E-state index contributed by atoms with van der Waals surface area (Å²) in [5.41, 5.74) is 1.33. The fraction of sp³-hybridized carbons (Fsp3) is 0.0588. The number of amides is 1. The molecule has 0 radical (unpaired) electrons. The van der Waals surface area contributed by atoms with E-state index in [0.29, 0.717) is 32.8 Å². The van der Waals surface area contributed by atoms with Crippen molar-refractivity contribution in [2.75, 3.05) is 5.32 Å². The Kier molecular flexibility index (Phi) is 4.43. The average Bonchev–Trinajstić information content (AvgIpc) is 3.23. The van der Waals surface area contributed by atoms with Crippen molar-refractivity contribution >= 4 is 40.6 Å². The van der Waals surface area contributed by atoms with Crippen molar-refractivity contribution in [2.24, 2.45) is 0 Å².